The SMILES string of the molecule is CC(C)(C)[C@@H]1CCc2sc(C(=O)NNS(=O)(=O)c3cccs3)cc2C1. The Kier molecular flexibility index (Phi) is 5.07. The highest BCUT2D eigenvalue weighted by Crippen LogP contribution is 2.40. The van der Waals surface area contributed by atoms with Crippen molar-refractivity contribution in [2.24, 2.45) is 11.3 Å². The van der Waals surface area contributed by atoms with Crippen LogP contribution in [0.4, 0.5) is 0 Å². The number of amides is 1. The molecule has 8 heteroatoms. The summed E-state index contributed by atoms with van der Waals surface area (Å²) < 4.78 is 24.3. The maximum Gasteiger partial charge on any atom is 0.276 e. The zero-order valence-electron chi connectivity index (χ0n) is 14.5. The molecular weight excluding hydrogens is 376 g/mol. The molecule has 3 rings (SSSR count). The minimum Gasteiger partial charge on any atom is -0.273 e. The average molecular weight is 399 g/mol. The van der Waals surface area contributed by atoms with Crippen molar-refractivity contribution < 1.29 is 13.2 Å². The lowest BCUT2D eigenvalue weighted by Crippen LogP contribution is -2.40. The van der Waals surface area contributed by atoms with E-state index in [0.29, 0.717) is 10.8 Å². The number of rotatable bonds is 4. The highest BCUT2D eigenvalue weighted by Gasteiger charge is 2.30. The monoisotopic (exact) mass is 398 g/mol. The highest BCUT2D eigenvalue weighted by molar-refractivity contribution is 7.91. The van der Waals surface area contributed by atoms with E-state index < -0.39 is 15.9 Å². The lowest BCUT2D eigenvalue weighted by Gasteiger charge is -2.33. The topological polar surface area (TPSA) is 75.3 Å². The highest BCUT2D eigenvalue weighted by atomic mass is 32.2. The lowest BCUT2D eigenvalue weighted by atomic mass is 9.72. The molecule has 0 aliphatic heterocycles. The van der Waals surface area contributed by atoms with E-state index >= 15 is 0 Å². The Balaban J connectivity index is 1.68. The van der Waals surface area contributed by atoms with E-state index in [0.717, 1.165) is 30.6 Å². The van der Waals surface area contributed by atoms with E-state index in [4.69, 9.17) is 0 Å². The van der Waals surface area contributed by atoms with Crippen LogP contribution < -0.4 is 10.3 Å². The molecule has 136 valence electrons. The molecule has 1 aliphatic rings. The molecule has 0 unspecified atom stereocenters. The summed E-state index contributed by atoms with van der Waals surface area (Å²) in [4.78, 5) is 16.3. The van der Waals surface area contributed by atoms with Gasteiger partial charge in [0.25, 0.3) is 15.9 Å². The largest absolute Gasteiger partial charge is 0.276 e. The van der Waals surface area contributed by atoms with Crippen molar-refractivity contribution in [2.75, 3.05) is 0 Å². The van der Waals surface area contributed by atoms with Crippen molar-refractivity contribution in [3.8, 4) is 0 Å². The maximum absolute atomic E-state index is 12.3. The number of thiophene rings is 2. The van der Waals surface area contributed by atoms with Crippen LogP contribution in [0.1, 0.15) is 47.3 Å². The summed E-state index contributed by atoms with van der Waals surface area (Å²) >= 11 is 2.56. The first kappa shape index (κ1) is 18.6. The minimum atomic E-state index is -3.71. The first-order valence-corrected chi connectivity index (χ1v) is 11.3. The average Bonchev–Trinajstić information content (AvgIpc) is 3.20. The Labute approximate surface area is 156 Å². The second-order valence-corrected chi connectivity index (χ2v) is 11.4. The van der Waals surface area contributed by atoms with Gasteiger partial charge in [0.05, 0.1) is 4.88 Å². The Hall–Kier alpha value is -1.22. The molecule has 1 amide bonds. The van der Waals surface area contributed by atoms with Crippen molar-refractivity contribution in [3.63, 3.8) is 0 Å². The van der Waals surface area contributed by atoms with Crippen molar-refractivity contribution in [3.05, 3.63) is 38.9 Å². The van der Waals surface area contributed by atoms with Gasteiger partial charge >= 0.3 is 0 Å². The summed E-state index contributed by atoms with van der Waals surface area (Å²) in [7, 11) is -3.71. The van der Waals surface area contributed by atoms with Crippen molar-refractivity contribution in [1.82, 2.24) is 10.3 Å². The van der Waals surface area contributed by atoms with Gasteiger partial charge in [0.2, 0.25) is 0 Å². The number of hydrazine groups is 1. The molecule has 2 N–H and O–H groups in total. The number of sulfonamides is 1. The van der Waals surface area contributed by atoms with Crippen molar-refractivity contribution in [1.29, 1.82) is 0 Å². The van der Waals surface area contributed by atoms with Crippen LogP contribution in [0.2, 0.25) is 0 Å². The number of carbonyl (C=O) groups is 1. The Morgan fingerprint density at radius 1 is 1.32 bits per heavy atom. The van der Waals surface area contributed by atoms with E-state index in [-0.39, 0.29) is 9.62 Å². The van der Waals surface area contributed by atoms with E-state index in [2.05, 4.69) is 31.0 Å². The van der Waals surface area contributed by atoms with Crippen LogP contribution in [0, 0.1) is 11.3 Å². The smallest absolute Gasteiger partial charge is 0.273 e. The summed E-state index contributed by atoms with van der Waals surface area (Å²) in [6.45, 7) is 6.76. The summed E-state index contributed by atoms with van der Waals surface area (Å²) in [5.74, 6) is 0.190. The molecule has 0 bridgehead atoms. The second kappa shape index (κ2) is 6.83. The van der Waals surface area contributed by atoms with Gasteiger partial charge in [-0.05, 0) is 53.7 Å². The first-order chi connectivity index (χ1) is 11.7. The fourth-order valence-electron chi connectivity index (χ4n) is 3.02. The second-order valence-electron chi connectivity index (χ2n) is 7.36. The van der Waals surface area contributed by atoms with Crippen molar-refractivity contribution in [2.45, 2.75) is 44.2 Å². The van der Waals surface area contributed by atoms with Gasteiger partial charge in [0.1, 0.15) is 4.21 Å². The molecule has 0 spiro atoms. The number of nitrogens with one attached hydrogen (secondary N) is 2. The van der Waals surface area contributed by atoms with Crippen LogP contribution in [0.5, 0.6) is 0 Å². The molecule has 2 heterocycles. The zero-order valence-corrected chi connectivity index (χ0v) is 16.9. The van der Waals surface area contributed by atoms with Crippen LogP contribution in [0.15, 0.2) is 27.8 Å². The van der Waals surface area contributed by atoms with Crippen LogP contribution in [0.25, 0.3) is 0 Å². The van der Waals surface area contributed by atoms with E-state index in [1.807, 2.05) is 6.07 Å². The third-order valence-electron chi connectivity index (χ3n) is 4.59. The summed E-state index contributed by atoms with van der Waals surface area (Å²) in [5, 5.41) is 1.68. The van der Waals surface area contributed by atoms with Gasteiger partial charge in [-0.1, -0.05) is 26.8 Å². The molecule has 1 aliphatic carbocycles. The number of aryl methyl sites for hydroxylation is 1. The normalized spacial score (nSPS) is 18.0. The van der Waals surface area contributed by atoms with Gasteiger partial charge in [-0.2, -0.15) is 0 Å². The van der Waals surface area contributed by atoms with Crippen LogP contribution in [-0.4, -0.2) is 14.3 Å². The predicted octanol–water partition coefficient (Wildman–Crippen LogP) is 3.58. The van der Waals surface area contributed by atoms with Gasteiger partial charge in [-0.3, -0.25) is 10.2 Å². The standard InChI is InChI=1S/C17H22N2O3S3/c1-17(2,3)12-6-7-13-11(9-12)10-14(24-13)16(20)18-19-25(21,22)15-5-4-8-23-15/h4-5,8,10,12,19H,6-7,9H2,1-3H3,(H,18,20)/t12-/m1/s1. The van der Waals surface area contributed by atoms with Crippen LogP contribution in [0.3, 0.4) is 0 Å². The number of fused-ring (bicyclic) bond motifs is 1. The molecule has 2 aromatic heterocycles. The fraction of sp³-hybridized carbons (Fsp3) is 0.471. The van der Waals surface area contributed by atoms with Gasteiger partial charge in [0, 0.05) is 4.88 Å². The van der Waals surface area contributed by atoms with E-state index in [9.17, 15) is 13.2 Å². The van der Waals surface area contributed by atoms with Crippen molar-refractivity contribution >= 4 is 38.6 Å². The molecule has 0 fully saturated rings. The van der Waals surface area contributed by atoms with Gasteiger partial charge < -0.3 is 0 Å². The molecular formula is C17H22N2O3S3. The molecule has 25 heavy (non-hydrogen) atoms. The summed E-state index contributed by atoms with van der Waals surface area (Å²) in [6.07, 6.45) is 3.09. The molecule has 0 aromatic carbocycles. The van der Waals surface area contributed by atoms with Gasteiger partial charge in [-0.15, -0.1) is 27.5 Å². The Bertz CT molecular complexity index is 862. The van der Waals surface area contributed by atoms with E-state index in [1.165, 1.54) is 27.8 Å². The molecule has 1 atom stereocenters. The Morgan fingerprint density at radius 2 is 2.08 bits per heavy atom. The fourth-order valence-corrected chi connectivity index (χ4v) is 5.95. The molecule has 2 aromatic rings. The molecule has 0 saturated heterocycles. The number of hydrogen-bond donors (Lipinski definition) is 2. The predicted molar refractivity (Wildman–Crippen MR) is 101 cm³/mol. The molecule has 0 saturated carbocycles. The van der Waals surface area contributed by atoms with Crippen LogP contribution in [-0.2, 0) is 22.9 Å². The first-order valence-electron chi connectivity index (χ1n) is 8.14. The zero-order chi connectivity index (χ0) is 18.2. The quantitative estimate of drug-likeness (QED) is 0.773. The maximum atomic E-state index is 12.3. The summed E-state index contributed by atoms with van der Waals surface area (Å²) in [5.41, 5.74) is 3.79. The third-order valence-corrected chi connectivity index (χ3v) is 8.47. The number of hydrogen-bond acceptors (Lipinski definition) is 5. The molecule has 0 radical (unpaired) electrons. The van der Waals surface area contributed by atoms with Gasteiger partial charge in [0.15, 0.2) is 0 Å². The van der Waals surface area contributed by atoms with Gasteiger partial charge in [-0.25, -0.2) is 8.42 Å². The van der Waals surface area contributed by atoms with Crippen LogP contribution >= 0.6 is 22.7 Å². The summed E-state index contributed by atoms with van der Waals surface area (Å²) in [6, 6.07) is 5.06. The Morgan fingerprint density at radius 3 is 2.72 bits per heavy atom. The third kappa shape index (κ3) is 4.13. The number of carbonyl (C=O) groups excluding carboxylic acids is 1. The molecule has 5 nitrogen and oxygen atoms in total. The lowest BCUT2D eigenvalue weighted by molar-refractivity contribution is 0.0949. The van der Waals surface area contributed by atoms with E-state index in [1.54, 1.807) is 11.4 Å². The minimum absolute atomic E-state index is 0.172.